The second-order valence-electron chi connectivity index (χ2n) is 9.87. The molecule has 2 aliphatic rings. The van der Waals surface area contributed by atoms with Gasteiger partial charge in [0.05, 0.1) is 28.8 Å². The number of rotatable bonds is 10. The number of carbonyl (C=O) groups excluding carboxylic acids is 2. The summed E-state index contributed by atoms with van der Waals surface area (Å²) in [6, 6.07) is 23.0. The van der Waals surface area contributed by atoms with Crippen LogP contribution in [0.1, 0.15) is 33.1 Å². The van der Waals surface area contributed by atoms with Gasteiger partial charge in [0.15, 0.2) is 0 Å². The number of nitrogens with zero attached hydrogens (tertiary/aromatic N) is 1. The van der Waals surface area contributed by atoms with Crippen LogP contribution in [0.5, 0.6) is 5.75 Å². The van der Waals surface area contributed by atoms with E-state index in [0.29, 0.717) is 18.7 Å². The van der Waals surface area contributed by atoms with Crippen LogP contribution in [-0.2, 0) is 4.79 Å². The summed E-state index contributed by atoms with van der Waals surface area (Å²) >= 11 is 3.27. The van der Waals surface area contributed by atoms with Crippen molar-refractivity contribution in [3.63, 3.8) is 0 Å². The lowest BCUT2D eigenvalue weighted by Crippen LogP contribution is -2.49. The molecule has 0 spiro atoms. The molecule has 0 saturated carbocycles. The molecule has 212 valence electrons. The van der Waals surface area contributed by atoms with Crippen molar-refractivity contribution < 1.29 is 14.3 Å². The average molecular weight is 586 g/mol. The second-order valence-corrected chi connectivity index (χ2v) is 12.4. The van der Waals surface area contributed by atoms with Crippen LogP contribution in [-0.4, -0.2) is 35.1 Å². The van der Waals surface area contributed by atoms with Crippen LogP contribution >= 0.6 is 23.5 Å². The molecule has 0 bridgehead atoms. The van der Waals surface area contributed by atoms with Crippen molar-refractivity contribution >= 4 is 52.5 Å². The first-order valence-electron chi connectivity index (χ1n) is 14.1. The lowest BCUT2D eigenvalue weighted by atomic mass is 10.1. The van der Waals surface area contributed by atoms with Gasteiger partial charge in [-0.25, -0.2) is 4.79 Å². The number of unbranched alkanes of at least 4 members (excludes halogenated alkanes) is 1. The van der Waals surface area contributed by atoms with Gasteiger partial charge in [0.1, 0.15) is 5.75 Å². The summed E-state index contributed by atoms with van der Waals surface area (Å²) < 4.78 is 5.72. The van der Waals surface area contributed by atoms with E-state index in [4.69, 9.17) is 4.74 Å². The number of allylic oxidation sites excluding steroid dienone is 2. The van der Waals surface area contributed by atoms with Crippen molar-refractivity contribution in [3.05, 3.63) is 97.1 Å². The van der Waals surface area contributed by atoms with E-state index in [0.717, 1.165) is 39.8 Å². The SMILES string of the molecule is CCCCOc1ccc(NC(=O)C(CC)Sc2cccc(NC(=O)N3c4ccccc4SC4C=CC=CC43)c2)cc1. The third-order valence-electron chi connectivity index (χ3n) is 6.88. The number of para-hydroxylation sites is 1. The molecule has 5 rings (SSSR count). The molecule has 0 fully saturated rings. The van der Waals surface area contributed by atoms with Crippen molar-refractivity contribution in [2.45, 2.75) is 59.4 Å². The number of anilines is 3. The lowest BCUT2D eigenvalue weighted by molar-refractivity contribution is -0.115. The molecule has 1 heterocycles. The highest BCUT2D eigenvalue weighted by atomic mass is 32.2. The number of benzene rings is 3. The summed E-state index contributed by atoms with van der Waals surface area (Å²) in [6.07, 6.45) is 11.0. The molecule has 3 atom stereocenters. The van der Waals surface area contributed by atoms with E-state index < -0.39 is 0 Å². The average Bonchev–Trinajstić information content (AvgIpc) is 2.99. The van der Waals surface area contributed by atoms with Crippen molar-refractivity contribution in [3.8, 4) is 5.75 Å². The van der Waals surface area contributed by atoms with Crippen LogP contribution in [0.4, 0.5) is 21.9 Å². The standard InChI is InChI=1S/C33H35N3O3S2/c1-3-5-21-39-25-19-17-23(18-20-25)34-32(37)29(4-2)40-26-12-10-11-24(22-26)35-33(38)36-27-13-6-8-15-30(27)41-31-16-9-7-14-28(31)36/h6-20,22,27,29-30H,3-5,21H2,1-2H3,(H,34,37)(H,35,38). The molecule has 8 heteroatoms. The van der Waals surface area contributed by atoms with E-state index in [-0.39, 0.29) is 28.5 Å². The van der Waals surface area contributed by atoms with Crippen molar-refractivity contribution in [2.75, 3.05) is 22.1 Å². The molecule has 1 aliphatic carbocycles. The predicted molar refractivity (Wildman–Crippen MR) is 172 cm³/mol. The van der Waals surface area contributed by atoms with Crippen LogP contribution in [0.3, 0.4) is 0 Å². The van der Waals surface area contributed by atoms with Gasteiger partial charge >= 0.3 is 6.03 Å². The van der Waals surface area contributed by atoms with Gasteiger partial charge in [-0.2, -0.15) is 0 Å². The minimum Gasteiger partial charge on any atom is -0.494 e. The summed E-state index contributed by atoms with van der Waals surface area (Å²) in [6.45, 7) is 4.82. The Kier molecular flexibility index (Phi) is 9.75. The van der Waals surface area contributed by atoms with Gasteiger partial charge in [0.25, 0.3) is 0 Å². The van der Waals surface area contributed by atoms with Crippen LogP contribution in [0.2, 0.25) is 0 Å². The minimum absolute atomic E-state index is 0.0582. The number of amides is 3. The zero-order valence-electron chi connectivity index (χ0n) is 23.3. The Bertz CT molecular complexity index is 1420. The van der Waals surface area contributed by atoms with Gasteiger partial charge in [-0.15, -0.1) is 23.5 Å². The Hall–Kier alpha value is -3.62. The Morgan fingerprint density at radius 1 is 0.951 bits per heavy atom. The number of hydrogen-bond acceptors (Lipinski definition) is 5. The highest BCUT2D eigenvalue weighted by Crippen LogP contribution is 2.43. The highest BCUT2D eigenvalue weighted by Gasteiger charge is 2.36. The van der Waals surface area contributed by atoms with Gasteiger partial charge < -0.3 is 15.4 Å². The smallest absolute Gasteiger partial charge is 0.326 e. The van der Waals surface area contributed by atoms with Gasteiger partial charge in [-0.05, 0) is 67.4 Å². The van der Waals surface area contributed by atoms with Crippen molar-refractivity contribution in [1.29, 1.82) is 0 Å². The molecule has 0 saturated heterocycles. The first-order valence-corrected chi connectivity index (χ1v) is 15.8. The first kappa shape index (κ1) is 28.9. The molecule has 2 N–H and O–H groups in total. The molecule has 3 aromatic rings. The predicted octanol–water partition coefficient (Wildman–Crippen LogP) is 8.38. The maximum absolute atomic E-state index is 13.7. The number of hydrogen-bond donors (Lipinski definition) is 2. The lowest BCUT2D eigenvalue weighted by Gasteiger charge is -2.40. The number of ether oxygens (including phenoxy) is 1. The number of fused-ring (bicyclic) bond motifs is 2. The Labute approximate surface area is 250 Å². The number of thioether (sulfide) groups is 2. The van der Waals surface area contributed by atoms with Gasteiger partial charge in [0.2, 0.25) is 5.91 Å². The van der Waals surface area contributed by atoms with E-state index in [1.807, 2.05) is 90.7 Å². The van der Waals surface area contributed by atoms with E-state index in [2.05, 4.69) is 35.8 Å². The summed E-state index contributed by atoms with van der Waals surface area (Å²) in [5.74, 6) is 0.743. The number of carbonyl (C=O) groups is 2. The third-order valence-corrected chi connectivity index (χ3v) is 9.54. The normalized spacial score (nSPS) is 17.8. The monoisotopic (exact) mass is 585 g/mol. The minimum atomic E-state index is -0.285. The highest BCUT2D eigenvalue weighted by molar-refractivity contribution is 8.00. The second kappa shape index (κ2) is 13.8. The Morgan fingerprint density at radius 2 is 1.76 bits per heavy atom. The first-order chi connectivity index (χ1) is 20.1. The number of nitrogens with one attached hydrogen (secondary N) is 2. The molecule has 3 unspecified atom stereocenters. The zero-order chi connectivity index (χ0) is 28.6. The van der Waals surface area contributed by atoms with Crippen molar-refractivity contribution in [1.82, 2.24) is 0 Å². The number of urea groups is 1. The molecular formula is C33H35N3O3S2. The van der Waals surface area contributed by atoms with E-state index >= 15 is 0 Å². The maximum Gasteiger partial charge on any atom is 0.326 e. The molecule has 3 aromatic carbocycles. The maximum atomic E-state index is 13.7. The Morgan fingerprint density at radius 3 is 2.56 bits per heavy atom. The molecule has 6 nitrogen and oxygen atoms in total. The van der Waals surface area contributed by atoms with E-state index in [9.17, 15) is 9.59 Å². The summed E-state index contributed by atoms with van der Waals surface area (Å²) in [5.41, 5.74) is 2.34. The van der Waals surface area contributed by atoms with Crippen LogP contribution in [0.25, 0.3) is 0 Å². The Balaban J connectivity index is 1.23. The summed E-state index contributed by atoms with van der Waals surface area (Å²) in [5, 5.41) is 6.01. The molecule has 41 heavy (non-hydrogen) atoms. The third kappa shape index (κ3) is 7.18. The molecule has 0 radical (unpaired) electrons. The van der Waals surface area contributed by atoms with Gasteiger partial charge in [-0.3, -0.25) is 9.69 Å². The van der Waals surface area contributed by atoms with Gasteiger partial charge in [-0.1, -0.05) is 62.8 Å². The molecule has 0 aromatic heterocycles. The topological polar surface area (TPSA) is 70.7 Å². The van der Waals surface area contributed by atoms with Crippen LogP contribution in [0.15, 0.2) is 107 Å². The molecular weight excluding hydrogens is 551 g/mol. The quantitative estimate of drug-likeness (QED) is 0.185. The van der Waals surface area contributed by atoms with Crippen LogP contribution < -0.4 is 20.3 Å². The van der Waals surface area contributed by atoms with E-state index in [1.165, 1.54) is 11.8 Å². The van der Waals surface area contributed by atoms with E-state index in [1.54, 1.807) is 11.8 Å². The fourth-order valence-corrected chi connectivity index (χ4v) is 7.01. The zero-order valence-corrected chi connectivity index (χ0v) is 24.9. The summed E-state index contributed by atoms with van der Waals surface area (Å²) in [7, 11) is 0. The fraction of sp³-hybridized carbons (Fsp3) is 0.273. The molecule has 1 aliphatic heterocycles. The fourth-order valence-electron chi connectivity index (χ4n) is 4.73. The van der Waals surface area contributed by atoms with Crippen molar-refractivity contribution in [2.24, 2.45) is 0 Å². The van der Waals surface area contributed by atoms with Crippen LogP contribution in [0, 0.1) is 0 Å². The summed E-state index contributed by atoms with van der Waals surface area (Å²) in [4.78, 5) is 30.6. The molecule has 3 amide bonds. The largest absolute Gasteiger partial charge is 0.494 e. The van der Waals surface area contributed by atoms with Gasteiger partial charge in [0, 0.05) is 21.2 Å².